The summed E-state index contributed by atoms with van der Waals surface area (Å²) >= 11 is 5.84. The topological polar surface area (TPSA) is 73.4 Å². The normalized spacial score (nSPS) is 9.33. The van der Waals surface area contributed by atoms with Gasteiger partial charge in [-0.1, -0.05) is 24.9 Å². The lowest BCUT2D eigenvalue weighted by atomic mass is 10.2. The quantitative estimate of drug-likeness (QED) is 0.783. The van der Waals surface area contributed by atoms with Crippen molar-refractivity contribution in [2.24, 2.45) is 0 Å². The van der Waals surface area contributed by atoms with Crippen LogP contribution in [0.2, 0.25) is 5.15 Å². The van der Waals surface area contributed by atoms with E-state index in [1.165, 1.54) is 0 Å². The molecule has 0 amide bonds. The van der Waals surface area contributed by atoms with Crippen LogP contribution < -0.4 is 0 Å². The number of hydrogen-bond acceptors (Lipinski definition) is 4. The second-order valence-corrected chi connectivity index (χ2v) is 3.34. The van der Waals surface area contributed by atoms with E-state index in [0.717, 1.165) is 12.8 Å². The number of aromatic nitrogens is 2. The van der Waals surface area contributed by atoms with E-state index in [2.05, 4.69) is 16.9 Å². The van der Waals surface area contributed by atoms with Gasteiger partial charge in [0, 0.05) is 0 Å². The maximum absolute atomic E-state index is 8.74. The molecule has 5 heteroatoms. The van der Waals surface area contributed by atoms with Gasteiger partial charge < -0.3 is 0 Å². The van der Waals surface area contributed by atoms with Crippen LogP contribution in [0.4, 0.5) is 0 Å². The molecule has 0 unspecified atom stereocenters. The van der Waals surface area contributed by atoms with E-state index in [1.807, 2.05) is 6.07 Å². The highest BCUT2D eigenvalue weighted by Crippen LogP contribution is 2.15. The Kier molecular flexibility index (Phi) is 4.03. The van der Waals surface area contributed by atoms with Crippen molar-refractivity contribution < 1.29 is 0 Å². The third-order valence-electron chi connectivity index (χ3n) is 1.90. The molecule has 0 atom stereocenters. The number of halogens is 1. The van der Waals surface area contributed by atoms with E-state index in [9.17, 15) is 0 Å². The molecule has 0 radical (unpaired) electrons. The van der Waals surface area contributed by atoms with E-state index in [1.54, 1.807) is 6.07 Å². The number of unbranched alkanes of at least 4 members (excludes halogenated alkanes) is 1. The number of aryl methyl sites for hydroxylation is 1. The molecule has 0 saturated carbocycles. The molecule has 0 aromatic carbocycles. The van der Waals surface area contributed by atoms with Crippen molar-refractivity contribution in [3.05, 3.63) is 22.2 Å². The van der Waals surface area contributed by atoms with Gasteiger partial charge in [-0.3, -0.25) is 0 Å². The lowest BCUT2D eigenvalue weighted by Gasteiger charge is -2.02. The first kappa shape index (κ1) is 11.4. The zero-order valence-corrected chi connectivity index (χ0v) is 9.04. The minimum atomic E-state index is -0.0113. The molecule has 1 rings (SSSR count). The Bertz CT molecular complexity index is 442. The Morgan fingerprint density at radius 2 is 1.80 bits per heavy atom. The largest absolute Gasteiger partial charge is 0.236 e. The number of nitrogens with zero attached hydrogens (tertiary/aromatic N) is 4. The van der Waals surface area contributed by atoms with Gasteiger partial charge in [0.25, 0.3) is 0 Å². The monoisotopic (exact) mass is 220 g/mol. The fourth-order valence-electron chi connectivity index (χ4n) is 1.11. The first-order valence-corrected chi connectivity index (χ1v) is 4.97. The van der Waals surface area contributed by atoms with Crippen LogP contribution in [0.3, 0.4) is 0 Å². The van der Waals surface area contributed by atoms with Gasteiger partial charge in [-0.2, -0.15) is 10.5 Å². The maximum Gasteiger partial charge on any atom is 0.178 e. The van der Waals surface area contributed by atoms with Crippen molar-refractivity contribution in [1.82, 2.24) is 9.97 Å². The van der Waals surface area contributed by atoms with Gasteiger partial charge >= 0.3 is 0 Å². The second-order valence-electron chi connectivity index (χ2n) is 2.99. The van der Waals surface area contributed by atoms with E-state index < -0.39 is 0 Å². The molecule has 15 heavy (non-hydrogen) atoms. The lowest BCUT2D eigenvalue weighted by Crippen LogP contribution is -2.01. The van der Waals surface area contributed by atoms with Crippen molar-refractivity contribution in [1.29, 1.82) is 10.5 Å². The predicted octanol–water partition coefficient (Wildman–Crippen LogP) is 2.22. The summed E-state index contributed by atoms with van der Waals surface area (Å²) < 4.78 is 0. The minimum Gasteiger partial charge on any atom is -0.236 e. The molecule has 0 spiro atoms. The van der Waals surface area contributed by atoms with Crippen LogP contribution >= 0.6 is 11.6 Å². The van der Waals surface area contributed by atoms with Crippen LogP contribution in [-0.4, -0.2) is 9.97 Å². The zero-order valence-electron chi connectivity index (χ0n) is 8.29. The third kappa shape index (κ3) is 2.65. The summed E-state index contributed by atoms with van der Waals surface area (Å²) in [5.74, 6) is 0. The average Bonchev–Trinajstić information content (AvgIpc) is 2.27. The summed E-state index contributed by atoms with van der Waals surface area (Å²) in [4.78, 5) is 7.86. The minimum absolute atomic E-state index is 0.0113. The van der Waals surface area contributed by atoms with E-state index in [4.69, 9.17) is 22.1 Å². The van der Waals surface area contributed by atoms with Gasteiger partial charge in [0.1, 0.15) is 12.1 Å². The SMILES string of the molecule is CCCCc1nc(C#N)c(C#N)nc1Cl. The zero-order chi connectivity index (χ0) is 11.3. The highest BCUT2D eigenvalue weighted by molar-refractivity contribution is 6.30. The summed E-state index contributed by atoms with van der Waals surface area (Å²) in [6, 6.07) is 3.63. The van der Waals surface area contributed by atoms with Gasteiger partial charge in [0.15, 0.2) is 16.5 Å². The smallest absolute Gasteiger partial charge is 0.178 e. The van der Waals surface area contributed by atoms with Crippen molar-refractivity contribution in [3.63, 3.8) is 0 Å². The summed E-state index contributed by atoms with van der Waals surface area (Å²) in [6.07, 6.45) is 2.63. The first-order valence-electron chi connectivity index (χ1n) is 4.59. The van der Waals surface area contributed by atoms with Crippen LogP contribution in [0, 0.1) is 22.7 Å². The molecule has 1 aromatic rings. The first-order chi connectivity index (χ1) is 7.22. The molecular formula is C10H9ClN4. The second kappa shape index (κ2) is 5.29. The molecule has 0 aliphatic rings. The lowest BCUT2D eigenvalue weighted by molar-refractivity contribution is 0.770. The maximum atomic E-state index is 8.74. The molecule has 0 aliphatic carbocycles. The van der Waals surface area contributed by atoms with Gasteiger partial charge in [0.05, 0.1) is 5.69 Å². The number of rotatable bonds is 3. The van der Waals surface area contributed by atoms with Gasteiger partial charge in [-0.15, -0.1) is 0 Å². The molecule has 1 aromatic heterocycles. The average molecular weight is 221 g/mol. The Hall–Kier alpha value is -1.65. The standard InChI is InChI=1S/C10H9ClN4/c1-2-3-4-7-10(11)15-9(6-13)8(5-12)14-7/h2-4H2,1H3. The Morgan fingerprint density at radius 3 is 2.33 bits per heavy atom. The van der Waals surface area contributed by atoms with Crippen LogP contribution in [0.25, 0.3) is 0 Å². The molecular weight excluding hydrogens is 212 g/mol. The summed E-state index contributed by atoms with van der Waals surface area (Å²) in [5, 5.41) is 17.6. The Balaban J connectivity index is 3.11. The van der Waals surface area contributed by atoms with Crippen LogP contribution in [0.1, 0.15) is 36.8 Å². The number of nitriles is 2. The van der Waals surface area contributed by atoms with Crippen molar-refractivity contribution in [3.8, 4) is 12.1 Å². The third-order valence-corrected chi connectivity index (χ3v) is 2.20. The molecule has 0 saturated heterocycles. The van der Waals surface area contributed by atoms with Crippen molar-refractivity contribution in [2.45, 2.75) is 26.2 Å². The predicted molar refractivity (Wildman–Crippen MR) is 55.1 cm³/mol. The van der Waals surface area contributed by atoms with Crippen molar-refractivity contribution in [2.75, 3.05) is 0 Å². The molecule has 0 fully saturated rings. The summed E-state index contributed by atoms with van der Waals surface area (Å²) in [5.41, 5.74) is 0.629. The summed E-state index contributed by atoms with van der Waals surface area (Å²) in [6.45, 7) is 2.05. The fourth-order valence-corrected chi connectivity index (χ4v) is 1.33. The van der Waals surface area contributed by atoms with E-state index in [0.29, 0.717) is 12.1 Å². The highest BCUT2D eigenvalue weighted by atomic mass is 35.5. The Morgan fingerprint density at radius 1 is 1.20 bits per heavy atom. The van der Waals surface area contributed by atoms with E-state index >= 15 is 0 Å². The van der Waals surface area contributed by atoms with E-state index in [-0.39, 0.29) is 16.5 Å². The molecule has 0 bridgehead atoms. The van der Waals surface area contributed by atoms with Crippen LogP contribution in [0.5, 0.6) is 0 Å². The molecule has 76 valence electrons. The number of hydrogen-bond donors (Lipinski definition) is 0. The van der Waals surface area contributed by atoms with Gasteiger partial charge in [0.2, 0.25) is 0 Å². The molecule has 0 aliphatic heterocycles. The molecule has 4 nitrogen and oxygen atoms in total. The van der Waals surface area contributed by atoms with Crippen LogP contribution in [0.15, 0.2) is 0 Å². The van der Waals surface area contributed by atoms with Crippen LogP contribution in [-0.2, 0) is 6.42 Å². The van der Waals surface area contributed by atoms with Gasteiger partial charge in [-0.05, 0) is 12.8 Å². The van der Waals surface area contributed by atoms with Gasteiger partial charge in [-0.25, -0.2) is 9.97 Å². The summed E-state index contributed by atoms with van der Waals surface area (Å²) in [7, 11) is 0. The Labute approximate surface area is 93.1 Å². The molecule has 1 heterocycles. The fraction of sp³-hybridized carbons (Fsp3) is 0.400. The van der Waals surface area contributed by atoms with Crippen molar-refractivity contribution >= 4 is 11.6 Å². The highest BCUT2D eigenvalue weighted by Gasteiger charge is 2.11. The molecule has 0 N–H and O–H groups in total.